The summed E-state index contributed by atoms with van der Waals surface area (Å²) in [5.41, 5.74) is 12.2. The zero-order valence-corrected chi connectivity index (χ0v) is 22.3. The number of nitrogens with zero attached hydrogens (tertiary/aromatic N) is 1. The second kappa shape index (κ2) is 6.56. The summed E-state index contributed by atoms with van der Waals surface area (Å²) in [6, 6.07) is 27.1. The summed E-state index contributed by atoms with van der Waals surface area (Å²) in [4.78, 5) is 0. The normalized spacial score (nSPS) is 19.5. The van der Waals surface area contributed by atoms with Gasteiger partial charge in [-0.3, -0.25) is 0 Å². The fourth-order valence-corrected chi connectivity index (χ4v) is 6.88. The van der Waals surface area contributed by atoms with Crippen molar-refractivity contribution in [2.75, 3.05) is 0 Å². The standard InChI is InChI=1S/C33H30BNO2/c1-31(2)24-12-9-11-22-20-10-7-8-13-26(20)35-27-18-19(34-36-32(3,4)33(5,6)37-34)14-15-21(27)23-16-17-25(31)29(28(22)24)30(23)35/h7-18H,1-6H3. The molecule has 3 aliphatic rings. The van der Waals surface area contributed by atoms with Crippen molar-refractivity contribution in [1.82, 2.24) is 4.57 Å². The highest BCUT2D eigenvalue weighted by Gasteiger charge is 2.52. The van der Waals surface area contributed by atoms with Crippen LogP contribution in [-0.4, -0.2) is 22.9 Å². The quantitative estimate of drug-likeness (QED) is 0.228. The van der Waals surface area contributed by atoms with Gasteiger partial charge in [0.2, 0.25) is 0 Å². The number of hydrogen-bond acceptors (Lipinski definition) is 2. The lowest BCUT2D eigenvalue weighted by Crippen LogP contribution is -2.41. The molecule has 3 heterocycles. The molecule has 5 aromatic rings. The molecule has 0 atom stereocenters. The number of fused-ring (bicyclic) bond motifs is 6. The molecular weight excluding hydrogens is 453 g/mol. The van der Waals surface area contributed by atoms with E-state index in [1.807, 2.05) is 0 Å². The average Bonchev–Trinajstić information content (AvgIpc) is 3.36. The number of aromatic nitrogens is 1. The molecule has 0 radical (unpaired) electrons. The Bertz CT molecular complexity index is 1810. The molecule has 1 aliphatic carbocycles. The van der Waals surface area contributed by atoms with Gasteiger partial charge in [-0.2, -0.15) is 0 Å². The Balaban J connectivity index is 1.51. The van der Waals surface area contributed by atoms with Gasteiger partial charge >= 0.3 is 7.12 Å². The first-order valence-corrected chi connectivity index (χ1v) is 13.3. The van der Waals surface area contributed by atoms with E-state index in [1.54, 1.807) is 0 Å². The average molecular weight is 483 g/mol. The maximum Gasteiger partial charge on any atom is 0.494 e. The van der Waals surface area contributed by atoms with Crippen molar-refractivity contribution in [3.05, 3.63) is 83.9 Å². The molecular formula is C33H30BNO2. The first-order valence-electron chi connectivity index (χ1n) is 13.3. The lowest BCUT2D eigenvalue weighted by atomic mass is 9.78. The third-order valence-electron chi connectivity index (χ3n) is 9.58. The van der Waals surface area contributed by atoms with Gasteiger partial charge in [0, 0.05) is 27.3 Å². The smallest absolute Gasteiger partial charge is 0.399 e. The Hall–Kier alpha value is -3.34. The highest BCUT2D eigenvalue weighted by atomic mass is 16.7. The lowest BCUT2D eigenvalue weighted by Gasteiger charge is -2.32. The first-order chi connectivity index (χ1) is 17.6. The van der Waals surface area contributed by atoms with Crippen LogP contribution in [-0.2, 0) is 14.7 Å². The molecule has 4 aromatic carbocycles. The van der Waals surface area contributed by atoms with E-state index in [4.69, 9.17) is 9.31 Å². The molecule has 8 rings (SSSR count). The van der Waals surface area contributed by atoms with Crippen molar-refractivity contribution in [3.8, 4) is 27.9 Å². The second-order valence-electron chi connectivity index (χ2n) is 12.5. The zero-order valence-electron chi connectivity index (χ0n) is 22.3. The lowest BCUT2D eigenvalue weighted by molar-refractivity contribution is 0.00578. The molecule has 0 amide bonds. The molecule has 182 valence electrons. The molecule has 0 spiro atoms. The number of benzene rings is 4. The van der Waals surface area contributed by atoms with Crippen molar-refractivity contribution >= 4 is 34.4 Å². The van der Waals surface area contributed by atoms with Gasteiger partial charge in [0.25, 0.3) is 0 Å². The van der Waals surface area contributed by atoms with Crippen molar-refractivity contribution < 1.29 is 9.31 Å². The van der Waals surface area contributed by atoms with E-state index >= 15 is 0 Å². The molecule has 2 aliphatic heterocycles. The SMILES string of the molecule is CC1(C)c2cccc3c2-c2c1ccc1c4ccc(B5OC(C)(C)C(C)(C)O5)cc4n(c21)-c1ccccc1-3. The van der Waals surface area contributed by atoms with Crippen LogP contribution in [0.3, 0.4) is 0 Å². The summed E-state index contributed by atoms with van der Waals surface area (Å²) in [5.74, 6) is 0. The minimum atomic E-state index is -0.394. The minimum absolute atomic E-state index is 0.0453. The summed E-state index contributed by atoms with van der Waals surface area (Å²) in [6.07, 6.45) is 0. The fraction of sp³-hybridized carbons (Fsp3) is 0.273. The zero-order chi connectivity index (χ0) is 25.5. The summed E-state index contributed by atoms with van der Waals surface area (Å²) < 4.78 is 15.4. The van der Waals surface area contributed by atoms with Crippen LogP contribution in [0.15, 0.2) is 72.8 Å². The molecule has 0 unspecified atom stereocenters. The number of hydrogen-bond donors (Lipinski definition) is 0. The van der Waals surface area contributed by atoms with E-state index in [9.17, 15) is 0 Å². The van der Waals surface area contributed by atoms with Gasteiger partial charge in [-0.15, -0.1) is 0 Å². The van der Waals surface area contributed by atoms with E-state index in [-0.39, 0.29) is 16.6 Å². The summed E-state index contributed by atoms with van der Waals surface area (Å²) >= 11 is 0. The van der Waals surface area contributed by atoms with Gasteiger partial charge in [0.1, 0.15) is 0 Å². The highest BCUT2D eigenvalue weighted by Crippen LogP contribution is 2.57. The predicted octanol–water partition coefficient (Wildman–Crippen LogP) is 7.37. The first kappa shape index (κ1) is 21.7. The monoisotopic (exact) mass is 483 g/mol. The number of para-hydroxylation sites is 1. The van der Waals surface area contributed by atoms with Crippen molar-refractivity contribution in [2.45, 2.75) is 58.2 Å². The van der Waals surface area contributed by atoms with Gasteiger partial charge in [-0.1, -0.05) is 74.5 Å². The molecule has 0 saturated carbocycles. The van der Waals surface area contributed by atoms with E-state index < -0.39 is 7.12 Å². The molecule has 37 heavy (non-hydrogen) atoms. The van der Waals surface area contributed by atoms with E-state index in [1.165, 1.54) is 60.9 Å². The van der Waals surface area contributed by atoms with Crippen LogP contribution in [0.2, 0.25) is 0 Å². The van der Waals surface area contributed by atoms with Crippen LogP contribution in [0.5, 0.6) is 0 Å². The fourth-order valence-electron chi connectivity index (χ4n) is 6.88. The summed E-state index contributed by atoms with van der Waals surface area (Å²) in [5, 5.41) is 2.56. The predicted molar refractivity (Wildman–Crippen MR) is 153 cm³/mol. The van der Waals surface area contributed by atoms with Crippen LogP contribution in [0.4, 0.5) is 0 Å². The molecule has 0 N–H and O–H groups in total. The van der Waals surface area contributed by atoms with Gasteiger partial charge < -0.3 is 13.9 Å². The van der Waals surface area contributed by atoms with E-state index in [0.717, 1.165) is 5.46 Å². The molecule has 1 fully saturated rings. The molecule has 4 heteroatoms. The second-order valence-corrected chi connectivity index (χ2v) is 12.5. The maximum absolute atomic E-state index is 6.45. The van der Waals surface area contributed by atoms with Crippen molar-refractivity contribution in [2.24, 2.45) is 0 Å². The minimum Gasteiger partial charge on any atom is -0.399 e. The summed E-state index contributed by atoms with van der Waals surface area (Å²) in [6.45, 7) is 13.2. The van der Waals surface area contributed by atoms with Crippen LogP contribution in [0, 0.1) is 0 Å². The molecule has 1 aromatic heterocycles. The van der Waals surface area contributed by atoms with E-state index in [2.05, 4.69) is 119 Å². The molecule has 1 saturated heterocycles. The van der Waals surface area contributed by atoms with Crippen LogP contribution < -0.4 is 5.46 Å². The maximum atomic E-state index is 6.45. The van der Waals surface area contributed by atoms with E-state index in [0.29, 0.717) is 0 Å². The Morgan fingerprint density at radius 1 is 0.649 bits per heavy atom. The third kappa shape index (κ3) is 2.51. The van der Waals surface area contributed by atoms with Gasteiger partial charge in [0.15, 0.2) is 0 Å². The van der Waals surface area contributed by atoms with Gasteiger partial charge in [-0.05, 0) is 67.5 Å². The molecule has 0 bridgehead atoms. The van der Waals surface area contributed by atoms with Crippen LogP contribution in [0.1, 0.15) is 52.7 Å². The van der Waals surface area contributed by atoms with Gasteiger partial charge in [0.05, 0.1) is 27.9 Å². The Morgan fingerprint density at radius 2 is 1.32 bits per heavy atom. The van der Waals surface area contributed by atoms with Crippen LogP contribution in [0.25, 0.3) is 49.7 Å². The van der Waals surface area contributed by atoms with Gasteiger partial charge in [-0.25, -0.2) is 0 Å². The topological polar surface area (TPSA) is 23.4 Å². The summed E-state index contributed by atoms with van der Waals surface area (Å²) in [7, 11) is -0.394. The molecule has 3 nitrogen and oxygen atoms in total. The highest BCUT2D eigenvalue weighted by molar-refractivity contribution is 6.62. The Kier molecular flexibility index (Phi) is 3.85. The van der Waals surface area contributed by atoms with Crippen molar-refractivity contribution in [1.29, 1.82) is 0 Å². The van der Waals surface area contributed by atoms with Crippen LogP contribution >= 0.6 is 0 Å². The largest absolute Gasteiger partial charge is 0.494 e. The number of rotatable bonds is 1. The van der Waals surface area contributed by atoms with Crippen molar-refractivity contribution in [3.63, 3.8) is 0 Å². The third-order valence-corrected chi connectivity index (χ3v) is 9.58. The Morgan fingerprint density at radius 3 is 2.11 bits per heavy atom. The Labute approximate surface area is 218 Å².